The van der Waals surface area contributed by atoms with Gasteiger partial charge in [0.1, 0.15) is 0 Å². The van der Waals surface area contributed by atoms with Gasteiger partial charge in [-0.25, -0.2) is 4.98 Å². The van der Waals surface area contributed by atoms with Crippen molar-refractivity contribution in [1.82, 2.24) is 9.88 Å². The zero-order valence-electron chi connectivity index (χ0n) is 10.5. The molecule has 0 radical (unpaired) electrons. The Balaban J connectivity index is 1.92. The molecule has 0 aliphatic carbocycles. The molecule has 2 rings (SSSR count). The number of aromatic nitrogens is 1. The Bertz CT molecular complexity index is 467. The van der Waals surface area contributed by atoms with E-state index in [0.29, 0.717) is 25.1 Å². The van der Waals surface area contributed by atoms with E-state index in [0.717, 1.165) is 12.8 Å². The molecule has 1 aromatic rings. The summed E-state index contributed by atoms with van der Waals surface area (Å²) < 4.78 is 12.7. The minimum Gasteiger partial charge on any atom is -0.370 e. The van der Waals surface area contributed by atoms with Gasteiger partial charge in [-0.05, 0) is 30.9 Å². The van der Waals surface area contributed by atoms with E-state index >= 15 is 0 Å². The molecule has 2 heterocycles. The molecule has 5 nitrogen and oxygen atoms in total. The van der Waals surface area contributed by atoms with Gasteiger partial charge in [-0.3, -0.25) is 9.59 Å². The van der Waals surface area contributed by atoms with Crippen molar-refractivity contribution in [3.63, 3.8) is 0 Å². The van der Waals surface area contributed by atoms with E-state index in [-0.39, 0.29) is 17.7 Å². The Morgan fingerprint density at radius 3 is 2.58 bits per heavy atom. The molecule has 1 fully saturated rings. The Morgan fingerprint density at radius 1 is 1.37 bits per heavy atom. The Kier molecular flexibility index (Phi) is 4.09. The highest BCUT2D eigenvalue weighted by Crippen LogP contribution is 2.21. The number of primary amides is 1. The number of nitrogens with zero attached hydrogens (tertiary/aromatic N) is 2. The molecule has 1 aliphatic heterocycles. The minimum absolute atomic E-state index is 0.148. The van der Waals surface area contributed by atoms with Crippen molar-refractivity contribution < 1.29 is 14.0 Å². The maximum absolute atomic E-state index is 12.7. The van der Waals surface area contributed by atoms with Gasteiger partial charge < -0.3 is 10.6 Å². The Morgan fingerprint density at radius 2 is 2.05 bits per heavy atom. The molecule has 1 aliphatic rings. The topological polar surface area (TPSA) is 76.3 Å². The van der Waals surface area contributed by atoms with Crippen molar-refractivity contribution in [3.05, 3.63) is 29.8 Å². The summed E-state index contributed by atoms with van der Waals surface area (Å²) in [6, 6.07) is 2.60. The molecule has 0 unspecified atom stereocenters. The lowest BCUT2D eigenvalue weighted by atomic mass is 9.93. The first-order valence-electron chi connectivity index (χ1n) is 6.25. The van der Waals surface area contributed by atoms with E-state index in [1.54, 1.807) is 4.90 Å². The van der Waals surface area contributed by atoms with Crippen LogP contribution >= 0.6 is 0 Å². The number of amides is 2. The second kappa shape index (κ2) is 5.77. The quantitative estimate of drug-likeness (QED) is 0.827. The zero-order valence-corrected chi connectivity index (χ0v) is 10.5. The molecule has 102 valence electrons. The maximum atomic E-state index is 12.7. The van der Waals surface area contributed by atoms with Crippen LogP contribution in [0.1, 0.15) is 29.6 Å². The highest BCUT2D eigenvalue weighted by atomic mass is 19.1. The Labute approximate surface area is 110 Å². The van der Waals surface area contributed by atoms with Gasteiger partial charge in [0, 0.05) is 25.7 Å². The van der Waals surface area contributed by atoms with Crippen molar-refractivity contribution in [1.29, 1.82) is 0 Å². The molecular weight excluding hydrogens is 249 g/mol. The fraction of sp³-hybridized carbons (Fsp3) is 0.462. The van der Waals surface area contributed by atoms with Crippen LogP contribution in [0.15, 0.2) is 18.3 Å². The number of pyridine rings is 1. The second-order valence-electron chi connectivity index (χ2n) is 4.78. The summed E-state index contributed by atoms with van der Waals surface area (Å²) in [7, 11) is 0. The van der Waals surface area contributed by atoms with Gasteiger partial charge in [-0.2, -0.15) is 4.39 Å². The van der Waals surface area contributed by atoms with Crippen molar-refractivity contribution in [3.8, 4) is 0 Å². The average molecular weight is 265 g/mol. The lowest BCUT2D eigenvalue weighted by Crippen LogP contribution is -2.39. The predicted octanol–water partition coefficient (Wildman–Crippen LogP) is 0.948. The molecule has 19 heavy (non-hydrogen) atoms. The molecule has 0 atom stereocenters. The normalized spacial score (nSPS) is 16.4. The van der Waals surface area contributed by atoms with Gasteiger partial charge in [0.05, 0.1) is 5.56 Å². The van der Waals surface area contributed by atoms with E-state index in [1.807, 2.05) is 0 Å². The first kappa shape index (κ1) is 13.5. The first-order valence-corrected chi connectivity index (χ1v) is 6.25. The van der Waals surface area contributed by atoms with E-state index in [9.17, 15) is 14.0 Å². The average Bonchev–Trinajstić information content (AvgIpc) is 2.39. The second-order valence-corrected chi connectivity index (χ2v) is 4.78. The molecule has 2 N–H and O–H groups in total. The third-order valence-electron chi connectivity index (χ3n) is 3.37. The van der Waals surface area contributed by atoms with Gasteiger partial charge in [0.15, 0.2) is 0 Å². The van der Waals surface area contributed by atoms with Crippen LogP contribution in [0.25, 0.3) is 0 Å². The number of nitrogens with two attached hydrogens (primary N) is 1. The molecule has 2 amide bonds. The maximum Gasteiger partial charge on any atom is 0.255 e. The predicted molar refractivity (Wildman–Crippen MR) is 66.6 cm³/mol. The van der Waals surface area contributed by atoms with Crippen LogP contribution in [0, 0.1) is 11.9 Å². The van der Waals surface area contributed by atoms with E-state index in [1.165, 1.54) is 18.3 Å². The van der Waals surface area contributed by atoms with Gasteiger partial charge in [-0.15, -0.1) is 0 Å². The molecule has 6 heteroatoms. The first-order chi connectivity index (χ1) is 9.06. The van der Waals surface area contributed by atoms with Crippen molar-refractivity contribution in [2.24, 2.45) is 11.7 Å². The van der Waals surface area contributed by atoms with Crippen LogP contribution in [-0.2, 0) is 4.79 Å². The largest absolute Gasteiger partial charge is 0.370 e. The van der Waals surface area contributed by atoms with Crippen molar-refractivity contribution in [2.75, 3.05) is 13.1 Å². The molecule has 1 aromatic heterocycles. The zero-order chi connectivity index (χ0) is 13.8. The summed E-state index contributed by atoms with van der Waals surface area (Å²) in [5, 5.41) is 0. The molecule has 1 saturated heterocycles. The fourth-order valence-corrected chi connectivity index (χ4v) is 2.31. The summed E-state index contributed by atoms with van der Waals surface area (Å²) in [5.41, 5.74) is 5.54. The number of rotatable bonds is 3. The van der Waals surface area contributed by atoms with Crippen LogP contribution in [-0.4, -0.2) is 34.8 Å². The fourth-order valence-electron chi connectivity index (χ4n) is 2.31. The third kappa shape index (κ3) is 3.49. The number of likely N-dealkylation sites (tertiary alicyclic amines) is 1. The highest BCUT2D eigenvalue weighted by Gasteiger charge is 2.24. The van der Waals surface area contributed by atoms with Crippen LogP contribution < -0.4 is 5.73 Å². The molecule has 0 aromatic carbocycles. The smallest absolute Gasteiger partial charge is 0.255 e. The summed E-state index contributed by atoms with van der Waals surface area (Å²) >= 11 is 0. The van der Waals surface area contributed by atoms with Crippen molar-refractivity contribution in [2.45, 2.75) is 19.3 Å². The number of carbonyl (C=O) groups is 2. The Hall–Kier alpha value is -1.98. The molecular formula is C13H16FN3O2. The number of carbonyl (C=O) groups excluding carboxylic acids is 2. The van der Waals surface area contributed by atoms with Gasteiger partial charge in [0.2, 0.25) is 11.9 Å². The number of halogens is 1. The molecule has 0 saturated carbocycles. The summed E-state index contributed by atoms with van der Waals surface area (Å²) in [6.07, 6.45) is 3.15. The highest BCUT2D eigenvalue weighted by molar-refractivity contribution is 5.93. The van der Waals surface area contributed by atoms with Crippen LogP contribution in [0.5, 0.6) is 0 Å². The van der Waals surface area contributed by atoms with E-state index in [2.05, 4.69) is 4.98 Å². The molecule has 0 bridgehead atoms. The molecule has 0 spiro atoms. The van der Waals surface area contributed by atoms with Gasteiger partial charge in [0.25, 0.3) is 5.91 Å². The summed E-state index contributed by atoms with van der Waals surface area (Å²) in [5.74, 6) is -0.790. The van der Waals surface area contributed by atoms with E-state index in [4.69, 9.17) is 5.73 Å². The van der Waals surface area contributed by atoms with E-state index < -0.39 is 5.95 Å². The number of hydrogen-bond donors (Lipinski definition) is 1. The third-order valence-corrected chi connectivity index (χ3v) is 3.37. The van der Waals surface area contributed by atoms with Gasteiger partial charge in [-0.1, -0.05) is 0 Å². The lowest BCUT2D eigenvalue weighted by molar-refractivity contribution is -0.119. The van der Waals surface area contributed by atoms with Crippen molar-refractivity contribution >= 4 is 11.8 Å². The standard InChI is InChI=1S/C13H16FN3O2/c14-11-2-1-10(8-16-11)13(19)17-5-3-9(4-6-17)7-12(15)18/h1-2,8-9H,3-7H2,(H2,15,18). The monoisotopic (exact) mass is 265 g/mol. The SMILES string of the molecule is NC(=O)CC1CCN(C(=O)c2ccc(F)nc2)CC1. The summed E-state index contributed by atoms with van der Waals surface area (Å²) in [4.78, 5) is 28.1. The van der Waals surface area contributed by atoms with Crippen LogP contribution in [0.4, 0.5) is 4.39 Å². The number of piperidine rings is 1. The minimum atomic E-state index is -0.600. The van der Waals surface area contributed by atoms with Crippen LogP contribution in [0.2, 0.25) is 0 Å². The summed E-state index contributed by atoms with van der Waals surface area (Å²) in [6.45, 7) is 1.18. The van der Waals surface area contributed by atoms with Gasteiger partial charge >= 0.3 is 0 Å². The lowest BCUT2D eigenvalue weighted by Gasteiger charge is -2.31. The number of hydrogen-bond acceptors (Lipinski definition) is 3. The van der Waals surface area contributed by atoms with Crippen LogP contribution in [0.3, 0.4) is 0 Å².